The van der Waals surface area contributed by atoms with Gasteiger partial charge >= 0.3 is 0 Å². The summed E-state index contributed by atoms with van der Waals surface area (Å²) in [6.45, 7) is 2.72. The van der Waals surface area contributed by atoms with Crippen LogP contribution in [0.15, 0.2) is 40.5 Å². The molecule has 1 aromatic carbocycles. The van der Waals surface area contributed by atoms with Crippen LogP contribution in [0.25, 0.3) is 17.0 Å². The highest BCUT2D eigenvalue weighted by Crippen LogP contribution is 2.23. The highest BCUT2D eigenvalue weighted by Gasteiger charge is 2.02. The lowest BCUT2D eigenvalue weighted by Crippen LogP contribution is -2.01. The van der Waals surface area contributed by atoms with Crippen molar-refractivity contribution in [2.75, 3.05) is 6.54 Å². The molecule has 0 unspecified atom stereocenters. The minimum atomic E-state index is 0.607. The van der Waals surface area contributed by atoms with Crippen LogP contribution in [0.3, 0.4) is 0 Å². The molecule has 0 aliphatic carbocycles. The fourth-order valence-corrected chi connectivity index (χ4v) is 1.64. The molecule has 0 aliphatic heterocycles. The smallest absolute Gasteiger partial charge is 0.134 e. The number of rotatable bonds is 3. The molecule has 0 aliphatic rings. The van der Waals surface area contributed by atoms with E-state index in [1.807, 2.05) is 18.2 Å². The van der Waals surface area contributed by atoms with E-state index in [2.05, 4.69) is 19.1 Å². The maximum absolute atomic E-state index is 5.65. The monoisotopic (exact) mass is 201 g/mol. The Balaban J connectivity index is 2.48. The Kier molecular flexibility index (Phi) is 2.88. The van der Waals surface area contributed by atoms with E-state index in [-0.39, 0.29) is 0 Å². The van der Waals surface area contributed by atoms with E-state index in [0.29, 0.717) is 6.54 Å². The number of para-hydroxylation sites is 1. The van der Waals surface area contributed by atoms with Gasteiger partial charge in [-0.3, -0.25) is 0 Å². The van der Waals surface area contributed by atoms with Crippen molar-refractivity contribution in [3.63, 3.8) is 0 Å². The third-order valence-electron chi connectivity index (χ3n) is 2.59. The molecule has 0 amide bonds. The molecule has 1 aromatic heterocycles. The summed E-state index contributed by atoms with van der Waals surface area (Å²) in [5.74, 6) is 0. The third kappa shape index (κ3) is 1.95. The van der Waals surface area contributed by atoms with Crippen LogP contribution in [-0.4, -0.2) is 6.54 Å². The van der Waals surface area contributed by atoms with Crippen LogP contribution in [-0.2, 0) is 0 Å². The number of benzene rings is 1. The predicted molar refractivity (Wildman–Crippen MR) is 63.5 cm³/mol. The van der Waals surface area contributed by atoms with Gasteiger partial charge in [0.1, 0.15) is 5.58 Å². The first-order valence-electron chi connectivity index (χ1n) is 5.21. The SMILES string of the molecule is CC/C(=C/c1coc2ccccc12)CN. The highest BCUT2D eigenvalue weighted by molar-refractivity contribution is 5.87. The standard InChI is InChI=1S/C13H15NO/c1-2-10(8-14)7-11-9-15-13-6-4-3-5-12(11)13/h3-7,9H,2,8,14H2,1H3/b10-7-. The second-order valence-electron chi connectivity index (χ2n) is 3.55. The molecule has 2 aromatic rings. The average molecular weight is 201 g/mol. The van der Waals surface area contributed by atoms with Gasteiger partial charge in [0, 0.05) is 17.5 Å². The van der Waals surface area contributed by atoms with Gasteiger partial charge in [-0.2, -0.15) is 0 Å². The largest absolute Gasteiger partial charge is 0.464 e. The predicted octanol–water partition coefficient (Wildman–Crippen LogP) is 3.18. The van der Waals surface area contributed by atoms with Gasteiger partial charge in [-0.25, -0.2) is 0 Å². The first-order valence-corrected chi connectivity index (χ1v) is 5.21. The van der Waals surface area contributed by atoms with Crippen molar-refractivity contribution < 1.29 is 4.42 Å². The molecule has 0 saturated heterocycles. The van der Waals surface area contributed by atoms with Crippen LogP contribution in [0.4, 0.5) is 0 Å². The zero-order chi connectivity index (χ0) is 10.7. The van der Waals surface area contributed by atoms with Crippen LogP contribution < -0.4 is 5.73 Å². The van der Waals surface area contributed by atoms with Crippen LogP contribution in [0.2, 0.25) is 0 Å². The van der Waals surface area contributed by atoms with Crippen molar-refractivity contribution in [3.8, 4) is 0 Å². The summed E-state index contributed by atoms with van der Waals surface area (Å²) < 4.78 is 5.45. The Morgan fingerprint density at radius 2 is 2.20 bits per heavy atom. The van der Waals surface area contributed by atoms with Crippen LogP contribution in [0.1, 0.15) is 18.9 Å². The fourth-order valence-electron chi connectivity index (χ4n) is 1.64. The van der Waals surface area contributed by atoms with Crippen LogP contribution >= 0.6 is 0 Å². The number of hydrogen-bond acceptors (Lipinski definition) is 2. The van der Waals surface area contributed by atoms with Crippen LogP contribution in [0.5, 0.6) is 0 Å². The molecule has 78 valence electrons. The van der Waals surface area contributed by atoms with Crippen molar-refractivity contribution >= 4 is 17.0 Å². The Hall–Kier alpha value is -1.54. The van der Waals surface area contributed by atoms with Gasteiger partial charge in [0.2, 0.25) is 0 Å². The van der Waals surface area contributed by atoms with Crippen molar-refractivity contribution in [2.24, 2.45) is 5.73 Å². The van der Waals surface area contributed by atoms with E-state index >= 15 is 0 Å². The summed E-state index contributed by atoms with van der Waals surface area (Å²) in [6, 6.07) is 8.03. The van der Waals surface area contributed by atoms with Crippen molar-refractivity contribution in [1.82, 2.24) is 0 Å². The summed E-state index contributed by atoms with van der Waals surface area (Å²) in [7, 11) is 0. The lowest BCUT2D eigenvalue weighted by Gasteiger charge is -1.98. The summed E-state index contributed by atoms with van der Waals surface area (Å²) in [6.07, 6.45) is 4.89. The Labute approximate surface area is 89.4 Å². The summed E-state index contributed by atoms with van der Waals surface area (Å²) in [5.41, 5.74) is 8.93. The van der Waals surface area contributed by atoms with E-state index < -0.39 is 0 Å². The molecule has 0 bridgehead atoms. The minimum Gasteiger partial charge on any atom is -0.464 e. The van der Waals surface area contributed by atoms with Crippen molar-refractivity contribution in [1.29, 1.82) is 0 Å². The minimum absolute atomic E-state index is 0.607. The number of furan rings is 1. The van der Waals surface area contributed by atoms with Gasteiger partial charge in [0.05, 0.1) is 6.26 Å². The number of nitrogens with two attached hydrogens (primary N) is 1. The maximum Gasteiger partial charge on any atom is 0.134 e. The zero-order valence-corrected chi connectivity index (χ0v) is 8.86. The van der Waals surface area contributed by atoms with Gasteiger partial charge in [-0.05, 0) is 12.5 Å². The Morgan fingerprint density at radius 1 is 1.40 bits per heavy atom. The number of hydrogen-bond donors (Lipinski definition) is 1. The molecular formula is C13H15NO. The topological polar surface area (TPSA) is 39.2 Å². The van der Waals surface area contributed by atoms with Crippen LogP contribution in [0, 0.1) is 0 Å². The molecule has 2 rings (SSSR count). The molecule has 0 radical (unpaired) electrons. The van der Waals surface area contributed by atoms with Gasteiger partial charge in [0.25, 0.3) is 0 Å². The van der Waals surface area contributed by atoms with E-state index in [0.717, 1.165) is 23.0 Å². The van der Waals surface area contributed by atoms with Crippen molar-refractivity contribution in [2.45, 2.75) is 13.3 Å². The summed E-state index contributed by atoms with van der Waals surface area (Å²) in [5, 5.41) is 1.15. The molecule has 0 spiro atoms. The van der Waals surface area contributed by atoms with E-state index in [4.69, 9.17) is 10.2 Å². The molecule has 1 heterocycles. The van der Waals surface area contributed by atoms with Gasteiger partial charge in [0.15, 0.2) is 0 Å². The lowest BCUT2D eigenvalue weighted by molar-refractivity contribution is 0.615. The molecule has 0 saturated carbocycles. The first-order chi connectivity index (χ1) is 7.35. The quantitative estimate of drug-likeness (QED) is 0.828. The Morgan fingerprint density at radius 3 is 2.93 bits per heavy atom. The van der Waals surface area contributed by atoms with E-state index in [9.17, 15) is 0 Å². The van der Waals surface area contributed by atoms with E-state index in [1.54, 1.807) is 6.26 Å². The second-order valence-corrected chi connectivity index (χ2v) is 3.55. The summed E-state index contributed by atoms with van der Waals surface area (Å²) >= 11 is 0. The average Bonchev–Trinajstić information content (AvgIpc) is 2.69. The second kappa shape index (κ2) is 4.32. The fraction of sp³-hybridized carbons (Fsp3) is 0.231. The molecule has 2 nitrogen and oxygen atoms in total. The zero-order valence-electron chi connectivity index (χ0n) is 8.86. The number of fused-ring (bicyclic) bond motifs is 1. The van der Waals surface area contributed by atoms with Gasteiger partial charge in [-0.1, -0.05) is 36.8 Å². The van der Waals surface area contributed by atoms with E-state index in [1.165, 1.54) is 5.57 Å². The summed E-state index contributed by atoms with van der Waals surface area (Å²) in [4.78, 5) is 0. The van der Waals surface area contributed by atoms with Gasteiger partial charge < -0.3 is 10.2 Å². The molecular weight excluding hydrogens is 186 g/mol. The molecule has 2 heteroatoms. The molecule has 0 atom stereocenters. The van der Waals surface area contributed by atoms with Gasteiger partial charge in [-0.15, -0.1) is 0 Å². The Bertz CT molecular complexity index is 476. The maximum atomic E-state index is 5.65. The molecule has 15 heavy (non-hydrogen) atoms. The highest BCUT2D eigenvalue weighted by atomic mass is 16.3. The van der Waals surface area contributed by atoms with Crippen molar-refractivity contribution in [3.05, 3.63) is 41.7 Å². The molecule has 2 N–H and O–H groups in total. The molecule has 0 fully saturated rings. The first kappa shape index (κ1) is 9.99. The normalized spacial score (nSPS) is 12.3. The lowest BCUT2D eigenvalue weighted by atomic mass is 10.1. The third-order valence-corrected chi connectivity index (χ3v) is 2.59.